The molecule has 0 aromatic heterocycles. The molecule has 1 N–H and O–H groups in total. The smallest absolute Gasteiger partial charge is 0.264 e. The quantitative estimate of drug-likeness (QED) is 0.134. The Balaban J connectivity index is 1.82. The fraction of sp³-hybridized carbons (Fsp3) is 0.278. The molecular formula is C36H38Cl3N3O4S. The zero-order valence-corrected chi connectivity index (χ0v) is 29.6. The lowest BCUT2D eigenvalue weighted by atomic mass is 10.0. The highest BCUT2D eigenvalue weighted by Gasteiger charge is 2.34. The summed E-state index contributed by atoms with van der Waals surface area (Å²) in [4.78, 5) is 29.9. The summed E-state index contributed by atoms with van der Waals surface area (Å²) in [5, 5.41) is 4.00. The van der Waals surface area contributed by atoms with E-state index in [0.29, 0.717) is 32.9 Å². The molecule has 0 unspecified atom stereocenters. The van der Waals surface area contributed by atoms with Crippen molar-refractivity contribution in [2.45, 2.75) is 57.5 Å². The molecule has 0 aliphatic carbocycles. The first kappa shape index (κ1) is 36.3. The summed E-state index contributed by atoms with van der Waals surface area (Å²) < 4.78 is 29.5. The Morgan fingerprint density at radius 3 is 2.15 bits per heavy atom. The SMILES string of the molecule is CCCCNC(=O)[C@@H](Cc1ccccc1)N(Cc1ccc(Cl)c(Cl)c1)C(=O)CN(c1ccc(C)c(C)c1)S(=O)(=O)c1ccc(Cl)cc1. The molecule has 0 radical (unpaired) electrons. The number of carbonyl (C=O) groups excluding carboxylic acids is 2. The average molecular weight is 715 g/mol. The van der Waals surface area contributed by atoms with E-state index < -0.39 is 28.5 Å². The number of hydrogen-bond acceptors (Lipinski definition) is 4. The summed E-state index contributed by atoms with van der Waals surface area (Å²) in [5.74, 6) is -0.910. The third-order valence-electron chi connectivity index (χ3n) is 7.90. The van der Waals surface area contributed by atoms with Gasteiger partial charge in [0.2, 0.25) is 11.8 Å². The number of amides is 2. The van der Waals surface area contributed by atoms with Gasteiger partial charge in [0, 0.05) is 24.5 Å². The molecule has 11 heteroatoms. The van der Waals surface area contributed by atoms with Crippen LogP contribution in [0.25, 0.3) is 0 Å². The molecule has 4 aromatic carbocycles. The summed E-state index contributed by atoms with van der Waals surface area (Å²) in [5.41, 5.74) is 3.62. The van der Waals surface area contributed by atoms with Crippen LogP contribution in [0.5, 0.6) is 0 Å². The topological polar surface area (TPSA) is 86.8 Å². The molecule has 0 fully saturated rings. The van der Waals surface area contributed by atoms with Crippen molar-refractivity contribution in [2.75, 3.05) is 17.4 Å². The molecule has 2 amide bonds. The molecule has 0 saturated carbocycles. The van der Waals surface area contributed by atoms with Crippen LogP contribution in [0.15, 0.2) is 95.9 Å². The molecule has 7 nitrogen and oxygen atoms in total. The van der Waals surface area contributed by atoms with Crippen molar-refractivity contribution in [1.29, 1.82) is 0 Å². The van der Waals surface area contributed by atoms with Gasteiger partial charge in [-0.15, -0.1) is 0 Å². The predicted molar refractivity (Wildman–Crippen MR) is 191 cm³/mol. The van der Waals surface area contributed by atoms with E-state index in [4.69, 9.17) is 34.8 Å². The van der Waals surface area contributed by atoms with Gasteiger partial charge < -0.3 is 10.2 Å². The van der Waals surface area contributed by atoms with Gasteiger partial charge in [-0.3, -0.25) is 13.9 Å². The fourth-order valence-electron chi connectivity index (χ4n) is 5.04. The first-order valence-corrected chi connectivity index (χ1v) is 17.9. The zero-order chi connectivity index (χ0) is 34.1. The Kier molecular flexibility index (Phi) is 12.7. The van der Waals surface area contributed by atoms with Crippen molar-refractivity contribution in [3.05, 3.63) is 128 Å². The van der Waals surface area contributed by atoms with Crippen LogP contribution in [0.2, 0.25) is 15.1 Å². The third-order valence-corrected chi connectivity index (χ3v) is 10.7. The molecule has 1 atom stereocenters. The molecule has 0 bridgehead atoms. The Labute approximate surface area is 292 Å². The van der Waals surface area contributed by atoms with Gasteiger partial charge in [0.05, 0.1) is 20.6 Å². The van der Waals surface area contributed by atoms with Crippen molar-refractivity contribution in [3.8, 4) is 0 Å². The number of sulfonamides is 1. The van der Waals surface area contributed by atoms with E-state index in [2.05, 4.69) is 5.32 Å². The van der Waals surface area contributed by atoms with E-state index >= 15 is 0 Å². The second-order valence-electron chi connectivity index (χ2n) is 11.4. The van der Waals surface area contributed by atoms with Crippen LogP contribution >= 0.6 is 34.8 Å². The summed E-state index contributed by atoms with van der Waals surface area (Å²) in [6.07, 6.45) is 1.85. The summed E-state index contributed by atoms with van der Waals surface area (Å²) in [7, 11) is -4.25. The van der Waals surface area contributed by atoms with Gasteiger partial charge in [0.15, 0.2) is 0 Å². The molecule has 0 aliphatic rings. The first-order valence-electron chi connectivity index (χ1n) is 15.3. The van der Waals surface area contributed by atoms with Crippen LogP contribution < -0.4 is 9.62 Å². The normalized spacial score (nSPS) is 12.0. The summed E-state index contributed by atoms with van der Waals surface area (Å²) >= 11 is 18.6. The number of benzene rings is 4. The second-order valence-corrected chi connectivity index (χ2v) is 14.5. The molecule has 248 valence electrons. The van der Waals surface area contributed by atoms with Crippen molar-refractivity contribution in [3.63, 3.8) is 0 Å². The number of hydrogen-bond donors (Lipinski definition) is 1. The molecule has 0 aliphatic heterocycles. The van der Waals surface area contributed by atoms with Crippen LogP contribution in [0.1, 0.15) is 42.0 Å². The minimum absolute atomic E-state index is 0.0177. The van der Waals surface area contributed by atoms with Gasteiger partial charge in [0.25, 0.3) is 10.0 Å². The standard InChI is InChI=1S/C36H38Cl3N3O4S/c1-4-5-19-40-36(44)34(22-27-9-7-6-8-10-27)41(23-28-12-18-32(38)33(39)21-28)35(43)24-42(30-15-11-25(2)26(3)20-30)47(45,46)31-16-13-29(37)14-17-31/h6-18,20-21,34H,4-5,19,22-24H2,1-3H3,(H,40,44)/t34-/m1/s1. The van der Waals surface area contributed by atoms with E-state index in [1.165, 1.54) is 29.2 Å². The molecule has 0 spiro atoms. The lowest BCUT2D eigenvalue weighted by Gasteiger charge is -2.34. The van der Waals surface area contributed by atoms with Gasteiger partial charge in [-0.2, -0.15) is 0 Å². The Morgan fingerprint density at radius 1 is 0.809 bits per heavy atom. The molecule has 0 heterocycles. The summed E-state index contributed by atoms with van der Waals surface area (Å²) in [6.45, 7) is 5.68. The van der Waals surface area contributed by atoms with Crippen LogP contribution in [0, 0.1) is 13.8 Å². The number of anilines is 1. The third kappa shape index (κ3) is 9.51. The Morgan fingerprint density at radius 2 is 1.51 bits per heavy atom. The molecule has 4 rings (SSSR count). The number of halogens is 3. The molecule has 47 heavy (non-hydrogen) atoms. The monoisotopic (exact) mass is 713 g/mol. The lowest BCUT2D eigenvalue weighted by Crippen LogP contribution is -2.53. The zero-order valence-electron chi connectivity index (χ0n) is 26.5. The van der Waals surface area contributed by atoms with E-state index in [1.807, 2.05) is 57.2 Å². The highest BCUT2D eigenvalue weighted by atomic mass is 35.5. The molecular weight excluding hydrogens is 677 g/mol. The number of aryl methyl sites for hydroxylation is 2. The number of carbonyl (C=O) groups is 2. The number of unbranched alkanes of at least 4 members (excludes halogenated alkanes) is 1. The van der Waals surface area contributed by atoms with Crippen LogP contribution in [-0.4, -0.2) is 44.3 Å². The average Bonchev–Trinajstić information content (AvgIpc) is 3.05. The highest BCUT2D eigenvalue weighted by Crippen LogP contribution is 2.28. The number of rotatable bonds is 14. The van der Waals surface area contributed by atoms with Crippen molar-refractivity contribution >= 4 is 62.3 Å². The summed E-state index contributed by atoms with van der Waals surface area (Å²) in [6, 6.07) is 24.4. The van der Waals surface area contributed by atoms with Gasteiger partial charge in [-0.1, -0.05) is 90.6 Å². The van der Waals surface area contributed by atoms with Crippen molar-refractivity contribution in [1.82, 2.24) is 10.2 Å². The largest absolute Gasteiger partial charge is 0.354 e. The minimum atomic E-state index is -4.25. The van der Waals surface area contributed by atoms with Crippen molar-refractivity contribution in [2.24, 2.45) is 0 Å². The van der Waals surface area contributed by atoms with E-state index in [-0.39, 0.29) is 23.8 Å². The van der Waals surface area contributed by atoms with Crippen molar-refractivity contribution < 1.29 is 18.0 Å². The van der Waals surface area contributed by atoms with Crippen LogP contribution in [0.4, 0.5) is 5.69 Å². The Hall–Kier alpha value is -3.56. The highest BCUT2D eigenvalue weighted by molar-refractivity contribution is 7.92. The molecule has 0 saturated heterocycles. The molecule has 4 aromatic rings. The van der Waals surface area contributed by atoms with Gasteiger partial charge in [0.1, 0.15) is 12.6 Å². The Bertz CT molecular complexity index is 1800. The van der Waals surface area contributed by atoms with Gasteiger partial charge in [-0.05, 0) is 91.1 Å². The maximum atomic E-state index is 14.6. The van der Waals surface area contributed by atoms with E-state index in [0.717, 1.165) is 33.8 Å². The van der Waals surface area contributed by atoms with Crippen LogP contribution in [0.3, 0.4) is 0 Å². The predicted octanol–water partition coefficient (Wildman–Crippen LogP) is 8.02. The fourth-order valence-corrected chi connectivity index (χ4v) is 6.89. The lowest BCUT2D eigenvalue weighted by molar-refractivity contribution is -0.140. The number of nitrogens with one attached hydrogen (secondary N) is 1. The number of nitrogens with zero attached hydrogens (tertiary/aromatic N) is 2. The maximum absolute atomic E-state index is 14.6. The first-order chi connectivity index (χ1) is 22.4. The minimum Gasteiger partial charge on any atom is -0.354 e. The van der Waals surface area contributed by atoms with E-state index in [1.54, 1.807) is 30.3 Å². The second kappa shape index (κ2) is 16.5. The van der Waals surface area contributed by atoms with Crippen LogP contribution in [-0.2, 0) is 32.6 Å². The van der Waals surface area contributed by atoms with Gasteiger partial charge in [-0.25, -0.2) is 8.42 Å². The van der Waals surface area contributed by atoms with Gasteiger partial charge >= 0.3 is 0 Å². The maximum Gasteiger partial charge on any atom is 0.264 e. The van der Waals surface area contributed by atoms with E-state index in [9.17, 15) is 18.0 Å².